The van der Waals surface area contributed by atoms with E-state index < -0.39 is 0 Å². The Kier molecular flexibility index (Phi) is 5.16. The Labute approximate surface area is 94.3 Å². The molecule has 0 aliphatic rings. The van der Waals surface area contributed by atoms with Gasteiger partial charge in [0.05, 0.1) is 0 Å². The lowest BCUT2D eigenvalue weighted by Crippen LogP contribution is -2.24. The van der Waals surface area contributed by atoms with Crippen molar-refractivity contribution in [1.82, 2.24) is 0 Å². The quantitative estimate of drug-likeness (QED) is 0.315. The number of rotatable bonds is 6. The Morgan fingerprint density at radius 2 is 2.06 bits per heavy atom. The minimum Gasteiger partial charge on any atom is -0.372 e. The second-order valence-electron chi connectivity index (χ2n) is 3.36. The molecule has 0 bridgehead atoms. The van der Waals surface area contributed by atoms with Crippen molar-refractivity contribution in [3.05, 3.63) is 40.5 Å². The van der Waals surface area contributed by atoms with Gasteiger partial charge in [-0.25, -0.2) is 4.39 Å². The molecule has 5 heteroatoms. The smallest absolute Gasteiger partial charge is 0.123 e. The van der Waals surface area contributed by atoms with Gasteiger partial charge in [-0.3, -0.25) is 0 Å². The van der Waals surface area contributed by atoms with Crippen LogP contribution >= 0.6 is 0 Å². The van der Waals surface area contributed by atoms with Crippen LogP contribution in [0.5, 0.6) is 0 Å². The second-order valence-corrected chi connectivity index (χ2v) is 3.36. The lowest BCUT2D eigenvalue weighted by molar-refractivity contribution is 0.627. The molecule has 0 aromatic heterocycles. The molecule has 4 nitrogen and oxygen atoms in total. The van der Waals surface area contributed by atoms with E-state index >= 15 is 0 Å². The van der Waals surface area contributed by atoms with Gasteiger partial charge in [0.25, 0.3) is 0 Å². The lowest BCUT2D eigenvalue weighted by Gasteiger charge is -2.22. The van der Waals surface area contributed by atoms with Crippen molar-refractivity contribution >= 4 is 5.69 Å². The fourth-order valence-corrected chi connectivity index (χ4v) is 1.50. The molecule has 0 heterocycles. The highest BCUT2D eigenvalue weighted by atomic mass is 19.1. The lowest BCUT2D eigenvalue weighted by atomic mass is 10.2. The maximum atomic E-state index is 12.7. The summed E-state index contributed by atoms with van der Waals surface area (Å²) in [6.45, 7) is 4.19. The zero-order valence-electron chi connectivity index (χ0n) is 9.30. The Morgan fingerprint density at radius 1 is 1.38 bits per heavy atom. The van der Waals surface area contributed by atoms with Crippen LogP contribution in [0.1, 0.15) is 13.3 Å². The molecule has 0 aliphatic carbocycles. The number of hydrogen-bond acceptors (Lipinski definition) is 2. The first-order chi connectivity index (χ1) is 7.77. The standard InChI is InChI=1S/C11H15FN4/c1-2-16(9-3-8-14-15-13)11-6-4-10(12)5-7-11/h4-7H,2-3,8-9H2,1H3. The average molecular weight is 222 g/mol. The molecule has 16 heavy (non-hydrogen) atoms. The number of hydrogen-bond donors (Lipinski definition) is 0. The monoisotopic (exact) mass is 222 g/mol. The SMILES string of the molecule is CCN(CCCN=[N+]=[N-])c1ccc(F)cc1. The molecule has 1 aromatic carbocycles. The minimum atomic E-state index is -0.228. The summed E-state index contributed by atoms with van der Waals surface area (Å²) in [4.78, 5) is 4.82. The van der Waals surface area contributed by atoms with Crippen LogP contribution in [-0.2, 0) is 0 Å². The van der Waals surface area contributed by atoms with E-state index in [2.05, 4.69) is 14.9 Å². The van der Waals surface area contributed by atoms with E-state index in [4.69, 9.17) is 5.53 Å². The van der Waals surface area contributed by atoms with E-state index in [0.29, 0.717) is 6.54 Å². The van der Waals surface area contributed by atoms with Gasteiger partial charge in [0, 0.05) is 30.2 Å². The minimum absolute atomic E-state index is 0.228. The van der Waals surface area contributed by atoms with Crippen molar-refractivity contribution in [3.8, 4) is 0 Å². The van der Waals surface area contributed by atoms with Crippen LogP contribution < -0.4 is 4.90 Å². The van der Waals surface area contributed by atoms with Gasteiger partial charge < -0.3 is 4.90 Å². The molecule has 0 saturated heterocycles. The van der Waals surface area contributed by atoms with Gasteiger partial charge in [0.15, 0.2) is 0 Å². The van der Waals surface area contributed by atoms with Crippen LogP contribution in [0.2, 0.25) is 0 Å². The van der Waals surface area contributed by atoms with Gasteiger partial charge >= 0.3 is 0 Å². The van der Waals surface area contributed by atoms with Crippen molar-refractivity contribution in [1.29, 1.82) is 0 Å². The van der Waals surface area contributed by atoms with E-state index in [9.17, 15) is 4.39 Å². The second kappa shape index (κ2) is 6.69. The predicted octanol–water partition coefficient (Wildman–Crippen LogP) is 3.35. The molecule has 1 rings (SSSR count). The average Bonchev–Trinajstić information content (AvgIpc) is 2.31. The summed E-state index contributed by atoms with van der Waals surface area (Å²) in [6.07, 6.45) is 0.801. The maximum absolute atomic E-state index is 12.7. The predicted molar refractivity (Wildman–Crippen MR) is 62.9 cm³/mol. The van der Waals surface area contributed by atoms with E-state index in [1.54, 1.807) is 12.1 Å². The van der Waals surface area contributed by atoms with Gasteiger partial charge in [-0.05, 0) is 43.1 Å². The van der Waals surface area contributed by atoms with Crippen LogP contribution in [-0.4, -0.2) is 19.6 Å². The van der Waals surface area contributed by atoms with Gasteiger partial charge in [-0.2, -0.15) is 0 Å². The van der Waals surface area contributed by atoms with E-state index in [1.807, 2.05) is 6.92 Å². The molecule has 0 atom stereocenters. The molecule has 0 unspecified atom stereocenters. The Hall–Kier alpha value is -1.74. The Bertz CT molecular complexity index is 357. The number of halogens is 1. The Morgan fingerprint density at radius 3 is 2.62 bits per heavy atom. The molecule has 0 radical (unpaired) electrons. The molecule has 1 aromatic rings. The zero-order chi connectivity index (χ0) is 11.8. The molecule has 0 N–H and O–H groups in total. The first-order valence-electron chi connectivity index (χ1n) is 5.29. The summed E-state index contributed by atoms with van der Waals surface area (Å²) in [5.74, 6) is -0.228. The largest absolute Gasteiger partial charge is 0.372 e. The molecule has 0 saturated carbocycles. The molecular weight excluding hydrogens is 207 g/mol. The molecule has 0 fully saturated rings. The highest BCUT2D eigenvalue weighted by Crippen LogP contribution is 2.14. The van der Waals surface area contributed by atoms with Crippen molar-refractivity contribution in [2.75, 3.05) is 24.5 Å². The summed E-state index contributed by atoms with van der Waals surface area (Å²) in [5.41, 5.74) is 9.13. The van der Waals surface area contributed by atoms with Gasteiger partial charge in [-0.1, -0.05) is 5.11 Å². The maximum Gasteiger partial charge on any atom is 0.123 e. The molecule has 0 aliphatic heterocycles. The van der Waals surface area contributed by atoms with Crippen molar-refractivity contribution in [2.45, 2.75) is 13.3 Å². The summed E-state index contributed by atoms with van der Waals surface area (Å²) in [5, 5.41) is 3.48. The Balaban J connectivity index is 2.53. The number of benzene rings is 1. The summed E-state index contributed by atoms with van der Waals surface area (Å²) in [7, 11) is 0. The van der Waals surface area contributed by atoms with E-state index in [1.165, 1.54) is 12.1 Å². The molecular formula is C11H15FN4. The van der Waals surface area contributed by atoms with Crippen LogP contribution in [0.25, 0.3) is 10.4 Å². The molecule has 0 amide bonds. The third kappa shape index (κ3) is 3.79. The van der Waals surface area contributed by atoms with Crippen LogP contribution in [0.4, 0.5) is 10.1 Å². The topological polar surface area (TPSA) is 52.0 Å². The van der Waals surface area contributed by atoms with Crippen molar-refractivity contribution in [3.63, 3.8) is 0 Å². The number of anilines is 1. The van der Waals surface area contributed by atoms with Crippen molar-refractivity contribution < 1.29 is 4.39 Å². The number of nitrogens with zero attached hydrogens (tertiary/aromatic N) is 4. The molecule has 0 spiro atoms. The van der Waals surface area contributed by atoms with Crippen LogP contribution in [0.3, 0.4) is 0 Å². The van der Waals surface area contributed by atoms with Crippen molar-refractivity contribution in [2.24, 2.45) is 5.11 Å². The highest BCUT2D eigenvalue weighted by Gasteiger charge is 2.03. The fraction of sp³-hybridized carbons (Fsp3) is 0.455. The van der Waals surface area contributed by atoms with Gasteiger partial charge in [0.2, 0.25) is 0 Å². The summed E-state index contributed by atoms with van der Waals surface area (Å²) >= 11 is 0. The summed E-state index contributed by atoms with van der Waals surface area (Å²) < 4.78 is 12.7. The first-order valence-corrected chi connectivity index (χ1v) is 5.29. The van der Waals surface area contributed by atoms with E-state index in [0.717, 1.165) is 25.2 Å². The fourth-order valence-electron chi connectivity index (χ4n) is 1.50. The van der Waals surface area contributed by atoms with Gasteiger partial charge in [-0.15, -0.1) is 0 Å². The normalized spacial score (nSPS) is 9.62. The number of azide groups is 1. The molecule has 86 valence electrons. The van der Waals surface area contributed by atoms with E-state index in [-0.39, 0.29) is 5.82 Å². The zero-order valence-corrected chi connectivity index (χ0v) is 9.30. The third-order valence-corrected chi connectivity index (χ3v) is 2.32. The van der Waals surface area contributed by atoms with Gasteiger partial charge in [0.1, 0.15) is 5.82 Å². The van der Waals surface area contributed by atoms with Crippen LogP contribution in [0, 0.1) is 5.82 Å². The first kappa shape index (κ1) is 12.3. The highest BCUT2D eigenvalue weighted by molar-refractivity contribution is 5.45. The summed E-state index contributed by atoms with van der Waals surface area (Å²) in [6, 6.07) is 6.41. The third-order valence-electron chi connectivity index (χ3n) is 2.32. The van der Waals surface area contributed by atoms with Crippen LogP contribution in [0.15, 0.2) is 29.4 Å².